The van der Waals surface area contributed by atoms with E-state index in [0.29, 0.717) is 0 Å². The maximum Gasteiger partial charge on any atom is 0.366 e. The third kappa shape index (κ3) is 3.32. The summed E-state index contributed by atoms with van der Waals surface area (Å²) in [5, 5.41) is 0. The Balaban J connectivity index is 1.74. The molecule has 1 aliphatic rings. The Labute approximate surface area is 157 Å². The van der Waals surface area contributed by atoms with Crippen molar-refractivity contribution in [2.75, 3.05) is 14.2 Å². The zero-order valence-electron chi connectivity index (χ0n) is 14.9. The van der Waals surface area contributed by atoms with Crippen LogP contribution in [0.1, 0.15) is 6.92 Å². The molecule has 0 atom stereocenters. The molecular weight excluding hydrogens is 315 g/mol. The van der Waals surface area contributed by atoms with Gasteiger partial charge in [-0.15, -0.1) is 0 Å². The fourth-order valence-corrected chi connectivity index (χ4v) is 3.39. The number of nitrogens with zero attached hydrogens (tertiary/aromatic N) is 3. The lowest BCUT2D eigenvalue weighted by atomic mass is 9.55. The SMILES string of the molecule is CCB1N(c2ccccc2)[B]N(c2ccccc2)[B]N1c1ccccc1. The van der Waals surface area contributed by atoms with Crippen LogP contribution < -0.4 is 14.2 Å². The lowest BCUT2D eigenvalue weighted by molar-refractivity contribution is 1.26. The zero-order valence-corrected chi connectivity index (χ0v) is 14.9. The maximum absolute atomic E-state index is 2.35. The van der Waals surface area contributed by atoms with Gasteiger partial charge in [-0.05, 0) is 42.7 Å². The average Bonchev–Trinajstić information content (AvgIpc) is 2.74. The Morgan fingerprint density at radius 2 is 1.00 bits per heavy atom. The molecule has 2 radical (unpaired) electrons. The molecule has 0 N–H and O–H groups in total. The van der Waals surface area contributed by atoms with E-state index in [1.165, 1.54) is 11.4 Å². The lowest BCUT2D eigenvalue weighted by Gasteiger charge is -2.48. The van der Waals surface area contributed by atoms with Gasteiger partial charge in [0, 0.05) is 17.1 Å². The molecule has 1 aliphatic heterocycles. The van der Waals surface area contributed by atoms with Crippen LogP contribution >= 0.6 is 0 Å². The van der Waals surface area contributed by atoms with E-state index in [9.17, 15) is 0 Å². The summed E-state index contributed by atoms with van der Waals surface area (Å²) in [5.74, 6) is 0. The minimum atomic E-state index is 0.222. The molecule has 0 unspecified atom stereocenters. The summed E-state index contributed by atoms with van der Waals surface area (Å²) in [5.41, 5.74) is 3.52. The Morgan fingerprint density at radius 3 is 1.38 bits per heavy atom. The van der Waals surface area contributed by atoms with Gasteiger partial charge in [0.15, 0.2) is 0 Å². The molecule has 1 heterocycles. The first-order chi connectivity index (χ1) is 12.9. The molecule has 0 amide bonds. The molecule has 3 aromatic rings. The fourth-order valence-electron chi connectivity index (χ4n) is 3.39. The average molecular weight is 335 g/mol. The molecule has 6 heteroatoms. The standard InChI is InChI=1S/C20H20B3N3/c1-2-23-25(19-14-8-4-9-15-19)21-24(18-12-6-3-7-13-18)22-26(23)20-16-10-5-11-17-20/h3-17H,2H2,1H3. The van der Waals surface area contributed by atoms with Crippen LogP contribution in [0.4, 0.5) is 17.1 Å². The van der Waals surface area contributed by atoms with E-state index < -0.39 is 0 Å². The summed E-state index contributed by atoms with van der Waals surface area (Å²) in [4.78, 5) is 0. The smallest absolute Gasteiger partial charge is 0.366 e. The van der Waals surface area contributed by atoms with Crippen molar-refractivity contribution in [3.8, 4) is 0 Å². The monoisotopic (exact) mass is 335 g/mol. The quantitative estimate of drug-likeness (QED) is 0.665. The topological polar surface area (TPSA) is 9.72 Å². The van der Waals surface area contributed by atoms with Gasteiger partial charge in [-0.2, -0.15) is 0 Å². The minimum absolute atomic E-state index is 0.222. The molecule has 26 heavy (non-hydrogen) atoms. The highest BCUT2D eigenvalue weighted by molar-refractivity contribution is 6.94. The number of anilines is 3. The van der Waals surface area contributed by atoms with Crippen LogP contribution in [-0.4, -0.2) is 22.1 Å². The molecule has 3 aromatic carbocycles. The molecule has 1 saturated heterocycles. The molecule has 0 aromatic heterocycles. The van der Waals surface area contributed by atoms with Crippen LogP contribution in [0.3, 0.4) is 0 Å². The molecule has 3 nitrogen and oxygen atoms in total. The lowest BCUT2D eigenvalue weighted by Crippen LogP contribution is -2.68. The number of hydrogen-bond acceptors (Lipinski definition) is 3. The molecule has 0 saturated carbocycles. The van der Waals surface area contributed by atoms with Crippen LogP contribution in [0, 0.1) is 0 Å². The predicted molar refractivity (Wildman–Crippen MR) is 115 cm³/mol. The van der Waals surface area contributed by atoms with E-state index in [0.717, 1.165) is 12.0 Å². The highest BCUT2D eigenvalue weighted by Gasteiger charge is 2.38. The van der Waals surface area contributed by atoms with Gasteiger partial charge in [0.25, 0.3) is 0 Å². The normalized spacial score (nSPS) is 14.0. The Kier molecular flexibility index (Phi) is 4.92. The van der Waals surface area contributed by atoms with Crippen LogP contribution in [0.5, 0.6) is 0 Å². The fraction of sp³-hybridized carbons (Fsp3) is 0.100. The van der Waals surface area contributed by atoms with E-state index in [4.69, 9.17) is 0 Å². The van der Waals surface area contributed by atoms with Gasteiger partial charge in [0.2, 0.25) is 0 Å². The third-order valence-corrected chi connectivity index (χ3v) is 4.67. The number of rotatable bonds is 4. The highest BCUT2D eigenvalue weighted by atomic mass is 15.3. The van der Waals surface area contributed by atoms with Crippen molar-refractivity contribution in [3.63, 3.8) is 0 Å². The van der Waals surface area contributed by atoms with Gasteiger partial charge < -0.3 is 14.2 Å². The van der Waals surface area contributed by atoms with E-state index in [1.807, 2.05) is 6.07 Å². The second-order valence-electron chi connectivity index (χ2n) is 6.35. The number of para-hydroxylation sites is 3. The second kappa shape index (κ2) is 7.65. The van der Waals surface area contributed by atoms with Crippen LogP contribution in [-0.2, 0) is 0 Å². The van der Waals surface area contributed by atoms with Crippen molar-refractivity contribution in [2.45, 2.75) is 13.2 Å². The Hall–Kier alpha value is -2.75. The molecule has 0 bridgehead atoms. The first-order valence-electron chi connectivity index (χ1n) is 9.07. The van der Waals surface area contributed by atoms with E-state index in [-0.39, 0.29) is 6.98 Å². The Morgan fingerprint density at radius 1 is 0.615 bits per heavy atom. The van der Waals surface area contributed by atoms with Gasteiger partial charge >= 0.3 is 22.1 Å². The van der Waals surface area contributed by atoms with Crippen molar-refractivity contribution in [1.82, 2.24) is 0 Å². The molecule has 1 fully saturated rings. The third-order valence-electron chi connectivity index (χ3n) is 4.67. The molecule has 4 rings (SSSR count). The molecule has 124 valence electrons. The maximum atomic E-state index is 2.35. The van der Waals surface area contributed by atoms with Crippen molar-refractivity contribution >= 4 is 39.1 Å². The number of hydrogen-bond donors (Lipinski definition) is 0. The van der Waals surface area contributed by atoms with E-state index in [2.05, 4.69) is 121 Å². The van der Waals surface area contributed by atoms with Gasteiger partial charge in [0.1, 0.15) is 0 Å². The van der Waals surface area contributed by atoms with E-state index >= 15 is 0 Å². The Bertz CT molecular complexity index is 768. The summed E-state index contributed by atoms with van der Waals surface area (Å²) in [6, 6.07) is 31.6. The predicted octanol–water partition coefficient (Wildman–Crippen LogP) is 4.10. The van der Waals surface area contributed by atoms with Gasteiger partial charge in [-0.3, -0.25) is 0 Å². The van der Waals surface area contributed by atoms with Gasteiger partial charge in [-0.25, -0.2) is 0 Å². The van der Waals surface area contributed by atoms with Crippen LogP contribution in [0.2, 0.25) is 6.32 Å². The summed E-state index contributed by atoms with van der Waals surface area (Å²) in [6.07, 6.45) is 0.999. The first kappa shape index (κ1) is 16.7. The summed E-state index contributed by atoms with van der Waals surface area (Å²) >= 11 is 0. The minimum Gasteiger partial charge on any atom is -0.431 e. The van der Waals surface area contributed by atoms with Crippen LogP contribution in [0.15, 0.2) is 91.0 Å². The van der Waals surface area contributed by atoms with Crippen molar-refractivity contribution in [1.29, 1.82) is 0 Å². The molecule has 0 aliphatic carbocycles. The summed E-state index contributed by atoms with van der Waals surface area (Å²) in [6.45, 7) is 2.45. The zero-order chi connectivity index (χ0) is 17.8. The van der Waals surface area contributed by atoms with Crippen LogP contribution in [0.25, 0.3) is 0 Å². The second-order valence-corrected chi connectivity index (χ2v) is 6.35. The first-order valence-corrected chi connectivity index (χ1v) is 9.07. The molecular formula is C20H20B3N3. The highest BCUT2D eigenvalue weighted by Crippen LogP contribution is 2.27. The van der Waals surface area contributed by atoms with Crippen molar-refractivity contribution in [2.24, 2.45) is 0 Å². The molecule has 0 spiro atoms. The van der Waals surface area contributed by atoms with Gasteiger partial charge in [-0.1, -0.05) is 61.5 Å². The summed E-state index contributed by atoms with van der Waals surface area (Å²) < 4.78 is 6.88. The van der Waals surface area contributed by atoms with E-state index in [1.54, 1.807) is 0 Å². The van der Waals surface area contributed by atoms with Crippen molar-refractivity contribution < 1.29 is 0 Å². The van der Waals surface area contributed by atoms with Gasteiger partial charge in [0.05, 0.1) is 0 Å². The largest absolute Gasteiger partial charge is 0.431 e. The van der Waals surface area contributed by atoms with Crippen molar-refractivity contribution in [3.05, 3.63) is 91.0 Å². The number of benzene rings is 3. The summed E-state index contributed by atoms with van der Waals surface area (Å²) in [7, 11) is 4.39.